The first-order valence-electron chi connectivity index (χ1n) is 6.07. The van der Waals surface area contributed by atoms with Gasteiger partial charge in [-0.2, -0.15) is 0 Å². The van der Waals surface area contributed by atoms with Gasteiger partial charge in [0.1, 0.15) is 6.61 Å². The Bertz CT molecular complexity index is 613. The third kappa shape index (κ3) is 2.14. The molecule has 2 aromatic heterocycles. The number of carbonyl (C=O) groups is 1. The van der Waals surface area contributed by atoms with Gasteiger partial charge >= 0.3 is 0 Å². The third-order valence-electron chi connectivity index (χ3n) is 3.04. The minimum absolute atomic E-state index is 0.0221. The first-order valence-corrected chi connectivity index (χ1v) is 6.07. The number of aromatic nitrogens is 2. The van der Waals surface area contributed by atoms with Gasteiger partial charge in [0, 0.05) is 36.6 Å². The Morgan fingerprint density at radius 3 is 3.00 bits per heavy atom. The van der Waals surface area contributed by atoms with E-state index < -0.39 is 0 Å². The molecule has 0 radical (unpaired) electrons. The summed E-state index contributed by atoms with van der Waals surface area (Å²) in [7, 11) is 0. The van der Waals surface area contributed by atoms with Gasteiger partial charge in [-0.15, -0.1) is 0 Å². The van der Waals surface area contributed by atoms with Crippen molar-refractivity contribution in [1.82, 2.24) is 9.97 Å². The van der Waals surface area contributed by atoms with E-state index >= 15 is 0 Å². The zero-order valence-electron chi connectivity index (χ0n) is 10.5. The molecule has 0 aliphatic carbocycles. The van der Waals surface area contributed by atoms with Crippen LogP contribution in [0.2, 0.25) is 0 Å². The van der Waals surface area contributed by atoms with Crippen molar-refractivity contribution < 1.29 is 9.53 Å². The van der Waals surface area contributed by atoms with E-state index in [2.05, 4.69) is 9.97 Å². The van der Waals surface area contributed by atoms with E-state index in [1.165, 1.54) is 6.92 Å². The van der Waals surface area contributed by atoms with E-state index in [0.29, 0.717) is 24.7 Å². The number of anilines is 1. The first-order chi connectivity index (χ1) is 9.25. The van der Waals surface area contributed by atoms with Crippen molar-refractivity contribution in [2.45, 2.75) is 6.92 Å². The molecular formula is C14H13N3O2. The topological polar surface area (TPSA) is 55.3 Å². The van der Waals surface area contributed by atoms with Crippen molar-refractivity contribution >= 4 is 11.7 Å². The summed E-state index contributed by atoms with van der Waals surface area (Å²) in [5, 5.41) is 0. The van der Waals surface area contributed by atoms with Crippen LogP contribution < -0.4 is 9.64 Å². The Hall–Kier alpha value is -2.43. The highest BCUT2D eigenvalue weighted by Crippen LogP contribution is 2.33. The van der Waals surface area contributed by atoms with Gasteiger partial charge in [-0.3, -0.25) is 14.7 Å². The van der Waals surface area contributed by atoms with E-state index in [4.69, 9.17) is 4.74 Å². The summed E-state index contributed by atoms with van der Waals surface area (Å²) in [6.07, 6.45) is 5.23. The first kappa shape index (κ1) is 11.6. The summed E-state index contributed by atoms with van der Waals surface area (Å²) >= 11 is 0. The van der Waals surface area contributed by atoms with Crippen LogP contribution >= 0.6 is 0 Å². The summed E-state index contributed by atoms with van der Waals surface area (Å²) in [5.41, 5.74) is 1.90. The maximum Gasteiger partial charge on any atom is 0.225 e. The summed E-state index contributed by atoms with van der Waals surface area (Å²) in [6.45, 7) is 2.57. The smallest absolute Gasteiger partial charge is 0.225 e. The summed E-state index contributed by atoms with van der Waals surface area (Å²) in [5.74, 6) is 1.21. The molecule has 5 nitrogen and oxygen atoms in total. The molecule has 0 bridgehead atoms. The standard InChI is InChI=1S/C14H13N3O2/c1-10(18)17-5-6-19-13-7-12(9-16-14(13)17)11-3-2-4-15-8-11/h2-4,7-9H,5-6H2,1H3. The molecule has 0 saturated carbocycles. The number of fused-ring (bicyclic) bond motifs is 1. The second-order valence-electron chi connectivity index (χ2n) is 4.31. The SMILES string of the molecule is CC(=O)N1CCOc2cc(-c3cccnc3)cnc21. The Kier molecular flexibility index (Phi) is 2.87. The van der Waals surface area contributed by atoms with Crippen LogP contribution in [0.1, 0.15) is 6.92 Å². The van der Waals surface area contributed by atoms with E-state index in [-0.39, 0.29) is 5.91 Å². The molecule has 96 valence electrons. The van der Waals surface area contributed by atoms with Crippen LogP contribution in [0.25, 0.3) is 11.1 Å². The molecule has 2 aromatic rings. The Balaban J connectivity index is 2.03. The molecule has 19 heavy (non-hydrogen) atoms. The predicted octanol–water partition coefficient (Wildman–Crippen LogP) is 1.89. The highest BCUT2D eigenvalue weighted by molar-refractivity contribution is 5.92. The molecule has 0 atom stereocenters. The van der Waals surface area contributed by atoms with Crippen LogP contribution in [0, 0.1) is 0 Å². The fourth-order valence-electron chi connectivity index (χ4n) is 2.10. The number of hydrogen-bond donors (Lipinski definition) is 0. The average molecular weight is 255 g/mol. The summed E-state index contributed by atoms with van der Waals surface area (Å²) < 4.78 is 5.59. The largest absolute Gasteiger partial charge is 0.488 e. The van der Waals surface area contributed by atoms with Crippen molar-refractivity contribution in [3.8, 4) is 16.9 Å². The molecule has 0 unspecified atom stereocenters. The van der Waals surface area contributed by atoms with Crippen LogP contribution in [0.4, 0.5) is 5.82 Å². The number of amides is 1. The quantitative estimate of drug-likeness (QED) is 0.780. The lowest BCUT2D eigenvalue weighted by atomic mass is 10.1. The van der Waals surface area contributed by atoms with Crippen LogP contribution in [0.5, 0.6) is 5.75 Å². The van der Waals surface area contributed by atoms with Gasteiger partial charge in [0.15, 0.2) is 11.6 Å². The summed E-state index contributed by atoms with van der Waals surface area (Å²) in [4.78, 5) is 21.6. The van der Waals surface area contributed by atoms with Crippen LogP contribution in [-0.2, 0) is 4.79 Å². The minimum Gasteiger partial charge on any atom is -0.488 e. The molecule has 5 heteroatoms. The zero-order valence-corrected chi connectivity index (χ0v) is 10.5. The molecule has 0 spiro atoms. The van der Waals surface area contributed by atoms with Crippen molar-refractivity contribution in [3.63, 3.8) is 0 Å². The van der Waals surface area contributed by atoms with E-state index in [1.54, 1.807) is 23.5 Å². The molecule has 0 N–H and O–H groups in total. The maximum atomic E-state index is 11.5. The number of hydrogen-bond acceptors (Lipinski definition) is 4. The molecule has 1 amide bonds. The number of pyridine rings is 2. The minimum atomic E-state index is -0.0221. The number of nitrogens with zero attached hydrogens (tertiary/aromatic N) is 3. The van der Waals surface area contributed by atoms with Crippen molar-refractivity contribution in [2.75, 3.05) is 18.1 Å². The van der Waals surface area contributed by atoms with Crippen LogP contribution in [-0.4, -0.2) is 29.0 Å². The monoisotopic (exact) mass is 255 g/mol. The zero-order chi connectivity index (χ0) is 13.2. The molecule has 0 saturated heterocycles. The fourth-order valence-corrected chi connectivity index (χ4v) is 2.10. The van der Waals surface area contributed by atoms with Gasteiger partial charge in [0.2, 0.25) is 5.91 Å². The number of ether oxygens (including phenoxy) is 1. The Morgan fingerprint density at radius 1 is 1.37 bits per heavy atom. The van der Waals surface area contributed by atoms with Gasteiger partial charge in [-0.1, -0.05) is 6.07 Å². The normalized spacial score (nSPS) is 13.6. The maximum absolute atomic E-state index is 11.5. The number of carbonyl (C=O) groups excluding carboxylic acids is 1. The van der Waals surface area contributed by atoms with Gasteiger partial charge in [0.05, 0.1) is 6.54 Å². The molecule has 1 aliphatic heterocycles. The third-order valence-corrected chi connectivity index (χ3v) is 3.04. The molecular weight excluding hydrogens is 242 g/mol. The van der Waals surface area contributed by atoms with Crippen molar-refractivity contribution in [1.29, 1.82) is 0 Å². The van der Waals surface area contributed by atoms with E-state index in [9.17, 15) is 4.79 Å². The van der Waals surface area contributed by atoms with Gasteiger partial charge in [-0.25, -0.2) is 4.98 Å². The van der Waals surface area contributed by atoms with Gasteiger partial charge in [-0.05, 0) is 12.1 Å². The van der Waals surface area contributed by atoms with Gasteiger partial charge < -0.3 is 4.74 Å². The molecule has 3 rings (SSSR count). The van der Waals surface area contributed by atoms with E-state index in [1.807, 2.05) is 18.2 Å². The fraction of sp³-hybridized carbons (Fsp3) is 0.214. The average Bonchev–Trinajstić information content (AvgIpc) is 2.47. The summed E-state index contributed by atoms with van der Waals surface area (Å²) in [6, 6.07) is 5.73. The molecule has 3 heterocycles. The predicted molar refractivity (Wildman–Crippen MR) is 71.0 cm³/mol. The van der Waals surface area contributed by atoms with Crippen molar-refractivity contribution in [3.05, 3.63) is 36.8 Å². The number of rotatable bonds is 1. The lowest BCUT2D eigenvalue weighted by Crippen LogP contribution is -2.37. The Morgan fingerprint density at radius 2 is 2.26 bits per heavy atom. The van der Waals surface area contributed by atoms with Crippen molar-refractivity contribution in [2.24, 2.45) is 0 Å². The van der Waals surface area contributed by atoms with Gasteiger partial charge in [0.25, 0.3) is 0 Å². The second kappa shape index (κ2) is 4.68. The van der Waals surface area contributed by atoms with Crippen LogP contribution in [0.15, 0.2) is 36.8 Å². The Labute approximate surface area is 110 Å². The van der Waals surface area contributed by atoms with Crippen LogP contribution in [0.3, 0.4) is 0 Å². The highest BCUT2D eigenvalue weighted by atomic mass is 16.5. The van der Waals surface area contributed by atoms with E-state index in [0.717, 1.165) is 11.1 Å². The lowest BCUT2D eigenvalue weighted by Gasteiger charge is -2.27. The highest BCUT2D eigenvalue weighted by Gasteiger charge is 2.23. The second-order valence-corrected chi connectivity index (χ2v) is 4.31. The lowest BCUT2D eigenvalue weighted by molar-refractivity contribution is -0.116. The molecule has 0 fully saturated rings. The molecule has 0 aromatic carbocycles. The molecule has 1 aliphatic rings.